The summed E-state index contributed by atoms with van der Waals surface area (Å²) in [5, 5.41) is 28.6. The number of benzene rings is 1. The Kier molecular flexibility index (Phi) is 5.03. The second-order valence-electron chi connectivity index (χ2n) is 4.30. The molecule has 0 bridgehead atoms. The van der Waals surface area contributed by atoms with Crippen molar-refractivity contribution in [3.8, 4) is 6.07 Å². The minimum Gasteiger partial charge on any atom is -0.481 e. The van der Waals surface area contributed by atoms with Crippen molar-refractivity contribution in [2.45, 2.75) is 26.3 Å². The fourth-order valence-electron chi connectivity index (χ4n) is 2.06. The number of hydrogen-bond acceptors (Lipinski definition) is 5. The highest BCUT2D eigenvalue weighted by Crippen LogP contribution is 2.26. The van der Waals surface area contributed by atoms with Crippen LogP contribution in [0, 0.1) is 21.4 Å². The van der Waals surface area contributed by atoms with Crippen molar-refractivity contribution >= 4 is 17.3 Å². The zero-order valence-electron chi connectivity index (χ0n) is 11.2. The van der Waals surface area contributed by atoms with Gasteiger partial charge in [0.15, 0.2) is 0 Å². The van der Waals surface area contributed by atoms with Crippen LogP contribution in [0.15, 0.2) is 18.2 Å². The summed E-state index contributed by atoms with van der Waals surface area (Å²) in [6.07, 6.45) is -0.0678. The average Bonchev–Trinajstić information content (AvgIpc) is 2.38. The average molecular weight is 277 g/mol. The van der Waals surface area contributed by atoms with E-state index in [9.17, 15) is 14.9 Å². The highest BCUT2D eigenvalue weighted by Gasteiger charge is 2.20. The van der Waals surface area contributed by atoms with Crippen molar-refractivity contribution in [3.63, 3.8) is 0 Å². The summed E-state index contributed by atoms with van der Waals surface area (Å²) < 4.78 is 0. The third-order valence-corrected chi connectivity index (χ3v) is 2.97. The van der Waals surface area contributed by atoms with E-state index in [1.807, 2.05) is 6.92 Å². The van der Waals surface area contributed by atoms with E-state index >= 15 is 0 Å². The highest BCUT2D eigenvalue weighted by molar-refractivity contribution is 5.69. The smallest absolute Gasteiger partial charge is 0.305 e. The third-order valence-electron chi connectivity index (χ3n) is 2.97. The lowest BCUT2D eigenvalue weighted by atomic mass is 10.1. The predicted octanol–water partition coefficient (Wildman–Crippen LogP) is 2.16. The van der Waals surface area contributed by atoms with Crippen LogP contribution in [0.25, 0.3) is 0 Å². The molecule has 0 aromatic heterocycles. The summed E-state index contributed by atoms with van der Waals surface area (Å²) in [5.41, 5.74) is 0.249. The summed E-state index contributed by atoms with van der Waals surface area (Å²) in [4.78, 5) is 22.8. The number of hydrogen-bond donors (Lipinski definition) is 1. The number of nitro benzene ring substituents is 1. The number of nitro groups is 1. The zero-order valence-corrected chi connectivity index (χ0v) is 11.2. The van der Waals surface area contributed by atoms with Gasteiger partial charge in [-0.15, -0.1) is 0 Å². The number of carbonyl (C=O) groups is 1. The van der Waals surface area contributed by atoms with Crippen LogP contribution in [0.1, 0.15) is 25.8 Å². The normalized spacial score (nSPS) is 11.4. The minimum absolute atomic E-state index is 0.0132. The Hall–Kier alpha value is -2.62. The van der Waals surface area contributed by atoms with E-state index in [0.29, 0.717) is 12.2 Å². The van der Waals surface area contributed by atoms with Gasteiger partial charge in [0, 0.05) is 24.3 Å². The predicted molar refractivity (Wildman–Crippen MR) is 72.5 cm³/mol. The Morgan fingerprint density at radius 1 is 1.60 bits per heavy atom. The van der Waals surface area contributed by atoms with Crippen LogP contribution in [0.5, 0.6) is 0 Å². The van der Waals surface area contributed by atoms with E-state index in [-0.39, 0.29) is 23.7 Å². The van der Waals surface area contributed by atoms with E-state index in [4.69, 9.17) is 10.4 Å². The molecule has 0 amide bonds. The number of rotatable bonds is 6. The Bertz CT molecular complexity index is 565. The molecule has 0 aliphatic heterocycles. The SMILES string of the molecule is CCN(c1ccc(C#N)c([N+](=O)[O-])c1)C(C)CC(=O)O. The van der Waals surface area contributed by atoms with Crippen molar-refractivity contribution < 1.29 is 14.8 Å². The molecule has 7 heteroatoms. The first-order valence-corrected chi connectivity index (χ1v) is 6.07. The summed E-state index contributed by atoms with van der Waals surface area (Å²) in [5.74, 6) is -0.931. The van der Waals surface area contributed by atoms with Gasteiger partial charge in [-0.05, 0) is 26.0 Å². The van der Waals surface area contributed by atoms with Gasteiger partial charge in [0.25, 0.3) is 5.69 Å². The molecule has 1 atom stereocenters. The lowest BCUT2D eigenvalue weighted by Gasteiger charge is -2.29. The summed E-state index contributed by atoms with van der Waals surface area (Å²) in [6.45, 7) is 4.08. The molecule has 1 unspecified atom stereocenters. The van der Waals surface area contributed by atoms with Gasteiger partial charge in [-0.3, -0.25) is 14.9 Å². The van der Waals surface area contributed by atoms with Crippen molar-refractivity contribution in [1.29, 1.82) is 5.26 Å². The Labute approximate surface area is 116 Å². The number of aliphatic carboxylic acids is 1. The maximum Gasteiger partial charge on any atom is 0.305 e. The van der Waals surface area contributed by atoms with Gasteiger partial charge < -0.3 is 10.0 Å². The molecule has 0 heterocycles. The highest BCUT2D eigenvalue weighted by atomic mass is 16.6. The molecule has 0 aliphatic rings. The van der Waals surface area contributed by atoms with Crippen LogP contribution in [0.4, 0.5) is 11.4 Å². The van der Waals surface area contributed by atoms with E-state index in [1.54, 1.807) is 24.0 Å². The number of nitrogens with zero attached hydrogens (tertiary/aromatic N) is 3. The molecule has 0 saturated heterocycles. The fraction of sp³-hybridized carbons (Fsp3) is 0.385. The lowest BCUT2D eigenvalue weighted by molar-refractivity contribution is -0.385. The van der Waals surface area contributed by atoms with Crippen LogP contribution in [0.3, 0.4) is 0 Å². The Morgan fingerprint density at radius 2 is 2.25 bits per heavy atom. The number of anilines is 1. The summed E-state index contributed by atoms with van der Waals surface area (Å²) in [7, 11) is 0. The monoisotopic (exact) mass is 277 g/mol. The van der Waals surface area contributed by atoms with Gasteiger partial charge >= 0.3 is 5.97 Å². The van der Waals surface area contributed by atoms with E-state index < -0.39 is 10.9 Å². The molecule has 1 aromatic rings. The molecule has 20 heavy (non-hydrogen) atoms. The van der Waals surface area contributed by atoms with Gasteiger partial charge in [-0.2, -0.15) is 5.26 Å². The number of carboxylic acids is 1. The standard InChI is InChI=1S/C13H15N3O4/c1-3-15(9(2)6-13(17)18)11-5-4-10(8-14)12(7-11)16(19)20/h4-5,7,9H,3,6H2,1-2H3,(H,17,18). The van der Waals surface area contributed by atoms with Gasteiger partial charge in [-0.1, -0.05) is 0 Å². The summed E-state index contributed by atoms with van der Waals surface area (Å²) >= 11 is 0. The molecule has 0 fully saturated rings. The maximum absolute atomic E-state index is 10.9. The van der Waals surface area contributed by atoms with Crippen LogP contribution < -0.4 is 4.90 Å². The molecule has 0 saturated carbocycles. The van der Waals surface area contributed by atoms with E-state index in [1.165, 1.54) is 12.1 Å². The Balaban J connectivity index is 3.17. The second-order valence-corrected chi connectivity index (χ2v) is 4.30. The molecule has 1 rings (SSSR count). The zero-order chi connectivity index (χ0) is 15.3. The van der Waals surface area contributed by atoms with Crippen LogP contribution in [0.2, 0.25) is 0 Å². The number of nitriles is 1. The van der Waals surface area contributed by atoms with E-state index in [0.717, 1.165) is 0 Å². The second kappa shape index (κ2) is 6.52. The summed E-state index contributed by atoms with van der Waals surface area (Å²) in [6, 6.07) is 5.74. The molecule has 0 radical (unpaired) electrons. The molecule has 0 spiro atoms. The molecule has 1 aromatic carbocycles. The minimum atomic E-state index is -0.931. The van der Waals surface area contributed by atoms with Crippen molar-refractivity contribution in [1.82, 2.24) is 0 Å². The quantitative estimate of drug-likeness (QED) is 0.630. The van der Waals surface area contributed by atoms with Crippen molar-refractivity contribution in [3.05, 3.63) is 33.9 Å². The first-order valence-electron chi connectivity index (χ1n) is 6.07. The maximum atomic E-state index is 10.9. The molecular weight excluding hydrogens is 262 g/mol. The first kappa shape index (κ1) is 15.4. The fourth-order valence-corrected chi connectivity index (χ4v) is 2.06. The first-order chi connectivity index (χ1) is 9.40. The number of carboxylic acid groups (broad SMARTS) is 1. The molecule has 0 aliphatic carbocycles. The molecule has 7 nitrogen and oxygen atoms in total. The van der Waals surface area contributed by atoms with Crippen molar-refractivity contribution in [2.24, 2.45) is 0 Å². The van der Waals surface area contributed by atoms with Crippen LogP contribution in [-0.4, -0.2) is 28.6 Å². The third kappa shape index (κ3) is 3.45. The van der Waals surface area contributed by atoms with Crippen LogP contribution in [-0.2, 0) is 4.79 Å². The molecule has 106 valence electrons. The van der Waals surface area contributed by atoms with Gasteiger partial charge in [0.05, 0.1) is 11.3 Å². The van der Waals surface area contributed by atoms with Gasteiger partial charge in [0.1, 0.15) is 11.6 Å². The molecular formula is C13H15N3O4. The molecule has 1 N–H and O–H groups in total. The largest absolute Gasteiger partial charge is 0.481 e. The topological polar surface area (TPSA) is 107 Å². The van der Waals surface area contributed by atoms with Gasteiger partial charge in [0.2, 0.25) is 0 Å². The van der Waals surface area contributed by atoms with Crippen molar-refractivity contribution in [2.75, 3.05) is 11.4 Å². The Morgan fingerprint density at radius 3 is 2.70 bits per heavy atom. The van der Waals surface area contributed by atoms with Gasteiger partial charge in [-0.25, -0.2) is 0 Å². The van der Waals surface area contributed by atoms with E-state index in [2.05, 4.69) is 0 Å². The van der Waals surface area contributed by atoms with Crippen LogP contribution >= 0.6 is 0 Å². The lowest BCUT2D eigenvalue weighted by Crippen LogP contribution is -2.34.